The number of ether oxygens (including phenoxy) is 2. The molecule has 198 valence electrons. The van der Waals surface area contributed by atoms with Gasteiger partial charge in [-0.05, 0) is 66.1 Å². The predicted molar refractivity (Wildman–Crippen MR) is 157 cm³/mol. The summed E-state index contributed by atoms with van der Waals surface area (Å²) >= 11 is 1.75. The van der Waals surface area contributed by atoms with Crippen LogP contribution in [0.25, 0.3) is 10.9 Å². The van der Waals surface area contributed by atoms with E-state index in [0.29, 0.717) is 31.1 Å². The fraction of sp³-hybridized carbons (Fsp3) is 0.242. The van der Waals surface area contributed by atoms with E-state index in [0.717, 1.165) is 40.6 Å². The zero-order valence-corrected chi connectivity index (χ0v) is 23.1. The molecule has 1 aliphatic rings. The van der Waals surface area contributed by atoms with Gasteiger partial charge < -0.3 is 18.9 Å². The van der Waals surface area contributed by atoms with Crippen molar-refractivity contribution >= 4 is 28.1 Å². The second kappa shape index (κ2) is 11.0. The van der Waals surface area contributed by atoms with E-state index >= 15 is 0 Å². The first-order valence-electron chi connectivity index (χ1n) is 13.4. The molecule has 0 saturated heterocycles. The largest absolute Gasteiger partial charge is 0.493 e. The zero-order valence-electron chi connectivity index (χ0n) is 22.3. The van der Waals surface area contributed by atoms with Crippen molar-refractivity contribution in [2.24, 2.45) is 0 Å². The normalized spacial score (nSPS) is 14.8. The summed E-state index contributed by atoms with van der Waals surface area (Å²) in [6.45, 7) is 4.12. The van der Waals surface area contributed by atoms with Crippen molar-refractivity contribution in [3.8, 4) is 11.5 Å². The Morgan fingerprint density at radius 3 is 2.62 bits per heavy atom. The van der Waals surface area contributed by atoms with Crippen LogP contribution in [0, 0.1) is 0 Å². The number of rotatable bonds is 8. The fourth-order valence-electron chi connectivity index (χ4n) is 5.58. The minimum absolute atomic E-state index is 0.0363. The summed E-state index contributed by atoms with van der Waals surface area (Å²) in [6.07, 6.45) is 3.61. The molecule has 3 aromatic carbocycles. The number of amides is 1. The third-order valence-electron chi connectivity index (χ3n) is 7.60. The molecular weight excluding hydrogens is 504 g/mol. The Hall–Kier alpha value is -4.03. The second-order valence-corrected chi connectivity index (χ2v) is 10.8. The van der Waals surface area contributed by atoms with Gasteiger partial charge in [-0.15, -0.1) is 11.3 Å². The van der Waals surface area contributed by atoms with Crippen molar-refractivity contribution in [1.82, 2.24) is 9.47 Å². The predicted octanol–water partition coefficient (Wildman–Crippen LogP) is 7.29. The van der Waals surface area contributed by atoms with Gasteiger partial charge in [-0.1, -0.05) is 54.6 Å². The summed E-state index contributed by atoms with van der Waals surface area (Å²) in [4.78, 5) is 17.5. The average Bonchev–Trinajstić information content (AvgIpc) is 3.62. The summed E-state index contributed by atoms with van der Waals surface area (Å²) < 4.78 is 14.0. The summed E-state index contributed by atoms with van der Waals surface area (Å²) in [5.41, 5.74) is 5.44. The van der Waals surface area contributed by atoms with E-state index in [2.05, 4.69) is 46.0 Å². The van der Waals surface area contributed by atoms with Gasteiger partial charge in [-0.3, -0.25) is 4.79 Å². The van der Waals surface area contributed by atoms with E-state index in [1.807, 2.05) is 60.8 Å². The first kappa shape index (κ1) is 25.3. The van der Waals surface area contributed by atoms with Gasteiger partial charge in [0.25, 0.3) is 5.91 Å². The number of para-hydroxylation sites is 1. The number of nitrogens with zero attached hydrogens (tertiary/aromatic N) is 2. The Balaban J connectivity index is 1.29. The molecule has 2 aromatic heterocycles. The van der Waals surface area contributed by atoms with E-state index in [4.69, 9.17) is 9.47 Å². The Morgan fingerprint density at radius 2 is 1.79 bits per heavy atom. The maximum atomic E-state index is 14.1. The SMILES string of the molecule is CCn1cc(C(=O)N2CCc3ccsc3C2Cc2ccc(OCc3ccccc3)c(OC)c2)c2ccccc21. The molecule has 0 N–H and O–H groups in total. The third-order valence-corrected chi connectivity index (χ3v) is 8.66. The number of benzene rings is 3. The molecule has 6 rings (SSSR count). The molecule has 0 radical (unpaired) electrons. The van der Waals surface area contributed by atoms with Crippen molar-refractivity contribution in [3.63, 3.8) is 0 Å². The number of carbonyl (C=O) groups is 1. The van der Waals surface area contributed by atoms with Crippen molar-refractivity contribution < 1.29 is 14.3 Å². The van der Waals surface area contributed by atoms with Gasteiger partial charge >= 0.3 is 0 Å². The van der Waals surface area contributed by atoms with Crippen LogP contribution in [-0.2, 0) is 26.0 Å². The van der Waals surface area contributed by atoms with Crippen molar-refractivity contribution in [2.45, 2.75) is 39.0 Å². The van der Waals surface area contributed by atoms with Crippen LogP contribution >= 0.6 is 11.3 Å². The Morgan fingerprint density at radius 1 is 0.974 bits per heavy atom. The fourth-order valence-corrected chi connectivity index (χ4v) is 6.65. The average molecular weight is 537 g/mol. The first-order valence-corrected chi connectivity index (χ1v) is 14.3. The molecule has 0 bridgehead atoms. The van der Waals surface area contributed by atoms with Crippen LogP contribution in [0.3, 0.4) is 0 Å². The highest BCUT2D eigenvalue weighted by molar-refractivity contribution is 7.10. The van der Waals surface area contributed by atoms with E-state index in [-0.39, 0.29) is 11.9 Å². The number of hydrogen-bond donors (Lipinski definition) is 0. The quantitative estimate of drug-likeness (QED) is 0.209. The topological polar surface area (TPSA) is 43.7 Å². The van der Waals surface area contributed by atoms with Crippen LogP contribution in [0.4, 0.5) is 0 Å². The van der Waals surface area contributed by atoms with Gasteiger partial charge in [0, 0.05) is 35.1 Å². The Bertz CT molecular complexity index is 1600. The van der Waals surface area contributed by atoms with Crippen LogP contribution in [0.5, 0.6) is 11.5 Å². The van der Waals surface area contributed by atoms with E-state index in [1.54, 1.807) is 18.4 Å². The summed E-state index contributed by atoms with van der Waals surface area (Å²) in [5.74, 6) is 1.51. The third kappa shape index (κ3) is 4.92. The number of aryl methyl sites for hydroxylation is 1. The molecule has 0 aliphatic carbocycles. The maximum absolute atomic E-state index is 14.1. The number of hydrogen-bond acceptors (Lipinski definition) is 4. The molecule has 3 heterocycles. The van der Waals surface area contributed by atoms with E-state index in [9.17, 15) is 4.79 Å². The number of thiophene rings is 1. The van der Waals surface area contributed by atoms with Gasteiger partial charge in [-0.2, -0.15) is 0 Å². The second-order valence-electron chi connectivity index (χ2n) is 9.88. The number of fused-ring (bicyclic) bond motifs is 2. The molecule has 0 spiro atoms. The number of aromatic nitrogens is 1. The van der Waals surface area contributed by atoms with Crippen molar-refractivity contribution in [3.05, 3.63) is 118 Å². The Labute approximate surface area is 233 Å². The molecule has 39 heavy (non-hydrogen) atoms. The molecule has 1 atom stereocenters. The summed E-state index contributed by atoms with van der Waals surface area (Å²) in [6, 6.07) is 26.6. The maximum Gasteiger partial charge on any atom is 0.256 e. The monoisotopic (exact) mass is 536 g/mol. The molecule has 0 saturated carbocycles. The van der Waals surface area contributed by atoms with Gasteiger partial charge in [-0.25, -0.2) is 0 Å². The lowest BCUT2D eigenvalue weighted by atomic mass is 9.94. The minimum atomic E-state index is -0.0363. The number of methoxy groups -OCH3 is 1. The smallest absolute Gasteiger partial charge is 0.256 e. The lowest BCUT2D eigenvalue weighted by molar-refractivity contribution is 0.0666. The highest BCUT2D eigenvalue weighted by Crippen LogP contribution is 2.39. The van der Waals surface area contributed by atoms with Gasteiger partial charge in [0.2, 0.25) is 0 Å². The van der Waals surface area contributed by atoms with Crippen LogP contribution < -0.4 is 9.47 Å². The molecule has 6 heteroatoms. The summed E-state index contributed by atoms with van der Waals surface area (Å²) in [5, 5.41) is 3.16. The molecule has 1 amide bonds. The van der Waals surface area contributed by atoms with Crippen LogP contribution in [-0.4, -0.2) is 29.0 Å². The lowest BCUT2D eigenvalue weighted by Crippen LogP contribution is -2.40. The Kier molecular flexibility index (Phi) is 7.12. The molecule has 5 nitrogen and oxygen atoms in total. The van der Waals surface area contributed by atoms with E-state index in [1.165, 1.54) is 10.4 Å². The van der Waals surface area contributed by atoms with Crippen molar-refractivity contribution in [2.75, 3.05) is 13.7 Å². The van der Waals surface area contributed by atoms with Crippen LogP contribution in [0.15, 0.2) is 90.4 Å². The standard InChI is InChI=1S/C33H32N2O3S/c1-3-34-21-27(26-11-7-8-12-28(26)34)33(36)35-17-15-25-16-18-39-32(25)29(35)19-24-13-14-30(31(20-24)37-2)38-22-23-9-5-4-6-10-23/h4-14,16,18,20-21,29H,3,15,17,19,22H2,1-2H3. The van der Waals surface area contributed by atoms with Gasteiger partial charge in [0.05, 0.1) is 18.7 Å². The minimum Gasteiger partial charge on any atom is -0.493 e. The van der Waals surface area contributed by atoms with Gasteiger partial charge in [0.15, 0.2) is 11.5 Å². The molecule has 5 aromatic rings. The highest BCUT2D eigenvalue weighted by atomic mass is 32.1. The zero-order chi connectivity index (χ0) is 26.8. The van der Waals surface area contributed by atoms with E-state index < -0.39 is 0 Å². The van der Waals surface area contributed by atoms with Crippen LogP contribution in [0.1, 0.15) is 44.9 Å². The number of carbonyl (C=O) groups excluding carboxylic acids is 1. The molecule has 1 aliphatic heterocycles. The first-order chi connectivity index (χ1) is 19.2. The molecule has 1 unspecified atom stereocenters. The lowest BCUT2D eigenvalue weighted by Gasteiger charge is -2.36. The highest BCUT2D eigenvalue weighted by Gasteiger charge is 2.34. The molecule has 0 fully saturated rings. The van der Waals surface area contributed by atoms with Crippen molar-refractivity contribution in [1.29, 1.82) is 0 Å². The van der Waals surface area contributed by atoms with Gasteiger partial charge in [0.1, 0.15) is 6.61 Å². The summed E-state index contributed by atoms with van der Waals surface area (Å²) in [7, 11) is 1.67. The van der Waals surface area contributed by atoms with Crippen LogP contribution in [0.2, 0.25) is 0 Å². The molecular formula is C33H32N2O3S.